The molecule has 4 rings (SSSR count). The zero-order valence-electron chi connectivity index (χ0n) is 15.3. The molecule has 3 heterocycles. The van der Waals surface area contributed by atoms with Gasteiger partial charge in [0.1, 0.15) is 16.0 Å². The summed E-state index contributed by atoms with van der Waals surface area (Å²) in [7, 11) is 0. The second-order valence-corrected chi connectivity index (χ2v) is 7.14. The van der Waals surface area contributed by atoms with Crippen LogP contribution in [0, 0.1) is 6.92 Å². The molecule has 8 heteroatoms. The summed E-state index contributed by atoms with van der Waals surface area (Å²) < 4.78 is 12.1. The van der Waals surface area contributed by atoms with E-state index in [1.165, 1.54) is 28.5 Å². The van der Waals surface area contributed by atoms with Gasteiger partial charge in [-0.05, 0) is 31.5 Å². The smallest absolute Gasteiger partial charge is 0.348 e. The first kappa shape index (κ1) is 18.1. The van der Waals surface area contributed by atoms with Gasteiger partial charge in [0.2, 0.25) is 5.89 Å². The summed E-state index contributed by atoms with van der Waals surface area (Å²) in [4.78, 5) is 34.8. The Kier molecular flexibility index (Phi) is 4.79. The number of nitrogens with zero attached hydrogens (tertiary/aromatic N) is 3. The molecule has 0 atom stereocenters. The van der Waals surface area contributed by atoms with Crippen LogP contribution in [0.25, 0.3) is 21.7 Å². The molecule has 4 aromatic rings. The lowest BCUT2D eigenvalue weighted by Gasteiger charge is -2.02. The van der Waals surface area contributed by atoms with Gasteiger partial charge in [0.25, 0.3) is 5.56 Å². The van der Waals surface area contributed by atoms with Gasteiger partial charge in [0, 0.05) is 5.56 Å². The molecule has 0 N–H and O–H groups in total. The van der Waals surface area contributed by atoms with Crippen molar-refractivity contribution in [2.45, 2.75) is 20.4 Å². The van der Waals surface area contributed by atoms with Gasteiger partial charge in [0.15, 0.2) is 0 Å². The second-order valence-electron chi connectivity index (χ2n) is 6.14. The van der Waals surface area contributed by atoms with Crippen molar-refractivity contribution in [3.8, 4) is 11.5 Å². The molecular weight excluding hydrogens is 378 g/mol. The lowest BCUT2D eigenvalue weighted by Crippen LogP contribution is -2.21. The summed E-state index contributed by atoms with van der Waals surface area (Å²) in [6, 6.07) is 9.54. The van der Waals surface area contributed by atoms with Gasteiger partial charge in [-0.1, -0.05) is 18.2 Å². The third-order valence-corrected chi connectivity index (χ3v) is 5.46. The SMILES string of the molecule is CCOC(=O)c1sc2ncn(Cc3coc(-c4ccccc4)n3)c(=O)c2c1C. The number of rotatable bonds is 5. The van der Waals surface area contributed by atoms with Crippen LogP contribution in [0.15, 0.2) is 52.1 Å². The minimum absolute atomic E-state index is 0.224. The van der Waals surface area contributed by atoms with E-state index in [0.717, 1.165) is 5.56 Å². The van der Waals surface area contributed by atoms with Gasteiger partial charge in [-0.15, -0.1) is 11.3 Å². The molecule has 0 aliphatic rings. The minimum Gasteiger partial charge on any atom is -0.462 e. The lowest BCUT2D eigenvalue weighted by atomic mass is 10.2. The molecule has 142 valence electrons. The van der Waals surface area contributed by atoms with Crippen molar-refractivity contribution in [3.63, 3.8) is 0 Å². The highest BCUT2D eigenvalue weighted by Gasteiger charge is 2.20. The quantitative estimate of drug-likeness (QED) is 0.480. The summed E-state index contributed by atoms with van der Waals surface area (Å²) in [6.07, 6.45) is 3.00. The van der Waals surface area contributed by atoms with Gasteiger partial charge in [-0.3, -0.25) is 9.36 Å². The van der Waals surface area contributed by atoms with E-state index in [9.17, 15) is 9.59 Å². The Labute approximate surface area is 164 Å². The van der Waals surface area contributed by atoms with Crippen LogP contribution in [0.1, 0.15) is 27.9 Å². The van der Waals surface area contributed by atoms with Crippen molar-refractivity contribution < 1.29 is 13.9 Å². The summed E-state index contributed by atoms with van der Waals surface area (Å²) in [5, 5.41) is 0.433. The number of thiophene rings is 1. The van der Waals surface area contributed by atoms with Crippen LogP contribution >= 0.6 is 11.3 Å². The second kappa shape index (κ2) is 7.40. The summed E-state index contributed by atoms with van der Waals surface area (Å²) in [6.45, 7) is 3.98. The summed E-state index contributed by atoms with van der Waals surface area (Å²) in [5.41, 5.74) is 1.84. The molecule has 1 aromatic carbocycles. The number of fused-ring (bicyclic) bond motifs is 1. The van der Waals surface area contributed by atoms with E-state index >= 15 is 0 Å². The standard InChI is InChI=1S/C20H17N3O4S/c1-3-26-20(25)16-12(2)15-18(28-16)21-11-23(19(15)24)9-14-10-27-17(22-14)13-7-5-4-6-8-13/h4-8,10-11H,3,9H2,1-2H3. The maximum atomic E-state index is 12.9. The molecule has 0 aliphatic carbocycles. The Morgan fingerprint density at radius 1 is 1.29 bits per heavy atom. The van der Waals surface area contributed by atoms with Gasteiger partial charge in [-0.25, -0.2) is 14.8 Å². The number of ether oxygens (including phenoxy) is 1. The lowest BCUT2D eigenvalue weighted by molar-refractivity contribution is 0.0531. The van der Waals surface area contributed by atoms with E-state index in [4.69, 9.17) is 9.15 Å². The molecule has 0 bridgehead atoms. The Morgan fingerprint density at radius 3 is 2.82 bits per heavy atom. The van der Waals surface area contributed by atoms with Crippen LogP contribution in [0.4, 0.5) is 0 Å². The van der Waals surface area contributed by atoms with Gasteiger partial charge >= 0.3 is 5.97 Å². The summed E-state index contributed by atoms with van der Waals surface area (Å²) in [5.74, 6) is 0.0620. The van der Waals surface area contributed by atoms with Gasteiger partial charge in [0.05, 0.1) is 30.6 Å². The van der Waals surface area contributed by atoms with E-state index in [-0.39, 0.29) is 18.7 Å². The van der Waals surface area contributed by atoms with E-state index in [1.54, 1.807) is 13.8 Å². The fraction of sp³-hybridized carbons (Fsp3) is 0.200. The number of hydrogen-bond donors (Lipinski definition) is 0. The van der Waals surface area contributed by atoms with Crippen molar-refractivity contribution in [3.05, 3.63) is 69.4 Å². The normalized spacial score (nSPS) is 11.1. The Morgan fingerprint density at radius 2 is 2.07 bits per heavy atom. The third kappa shape index (κ3) is 3.22. The van der Waals surface area contributed by atoms with Crippen molar-refractivity contribution in [1.29, 1.82) is 0 Å². The van der Waals surface area contributed by atoms with Crippen molar-refractivity contribution in [2.24, 2.45) is 0 Å². The van der Waals surface area contributed by atoms with Crippen LogP contribution in [-0.2, 0) is 11.3 Å². The fourth-order valence-corrected chi connectivity index (χ4v) is 3.96. The Hall–Kier alpha value is -3.26. The maximum Gasteiger partial charge on any atom is 0.348 e. The number of benzene rings is 1. The highest BCUT2D eigenvalue weighted by Crippen LogP contribution is 2.27. The summed E-state index contributed by atoms with van der Waals surface area (Å²) >= 11 is 1.17. The average molecular weight is 395 g/mol. The molecule has 28 heavy (non-hydrogen) atoms. The highest BCUT2D eigenvalue weighted by molar-refractivity contribution is 7.20. The molecule has 0 radical (unpaired) electrons. The predicted octanol–water partition coefficient (Wildman–Crippen LogP) is 3.65. The molecule has 0 saturated heterocycles. The number of aromatic nitrogens is 3. The Bertz CT molecular complexity index is 1210. The molecule has 0 saturated carbocycles. The minimum atomic E-state index is -0.432. The fourth-order valence-electron chi connectivity index (χ4n) is 2.93. The largest absolute Gasteiger partial charge is 0.462 e. The number of aryl methyl sites for hydroxylation is 1. The number of carbonyl (C=O) groups is 1. The van der Waals surface area contributed by atoms with Gasteiger partial charge in [-0.2, -0.15) is 0 Å². The molecule has 0 spiro atoms. The topological polar surface area (TPSA) is 87.2 Å². The number of esters is 1. The number of oxazole rings is 1. The Balaban J connectivity index is 1.68. The van der Waals surface area contributed by atoms with Crippen LogP contribution in [0.5, 0.6) is 0 Å². The van der Waals surface area contributed by atoms with Crippen molar-refractivity contribution >= 4 is 27.5 Å². The first-order valence-corrected chi connectivity index (χ1v) is 9.55. The zero-order valence-corrected chi connectivity index (χ0v) is 16.2. The monoisotopic (exact) mass is 395 g/mol. The third-order valence-electron chi connectivity index (χ3n) is 4.28. The molecule has 0 aliphatic heterocycles. The van der Waals surface area contributed by atoms with Crippen LogP contribution in [0.2, 0.25) is 0 Å². The molecule has 3 aromatic heterocycles. The van der Waals surface area contributed by atoms with Crippen LogP contribution < -0.4 is 5.56 Å². The number of hydrogen-bond acceptors (Lipinski definition) is 7. The van der Waals surface area contributed by atoms with Crippen LogP contribution in [-0.4, -0.2) is 27.1 Å². The van der Waals surface area contributed by atoms with E-state index < -0.39 is 5.97 Å². The van der Waals surface area contributed by atoms with E-state index in [0.29, 0.717) is 32.2 Å². The van der Waals surface area contributed by atoms with E-state index in [1.807, 2.05) is 30.3 Å². The highest BCUT2D eigenvalue weighted by atomic mass is 32.1. The van der Waals surface area contributed by atoms with Gasteiger partial charge < -0.3 is 9.15 Å². The molecule has 7 nitrogen and oxygen atoms in total. The van der Waals surface area contributed by atoms with E-state index in [2.05, 4.69) is 9.97 Å². The van der Waals surface area contributed by atoms with Crippen molar-refractivity contribution in [2.75, 3.05) is 6.61 Å². The zero-order chi connectivity index (χ0) is 19.7. The molecule has 0 fully saturated rings. The number of carbonyl (C=O) groups excluding carboxylic acids is 1. The molecule has 0 unspecified atom stereocenters. The van der Waals surface area contributed by atoms with Crippen molar-refractivity contribution in [1.82, 2.24) is 14.5 Å². The first-order chi connectivity index (χ1) is 13.6. The first-order valence-electron chi connectivity index (χ1n) is 8.74. The molecule has 0 amide bonds. The average Bonchev–Trinajstić information content (AvgIpc) is 3.30. The maximum absolute atomic E-state index is 12.9. The molecular formula is C20H17N3O4S. The van der Waals surface area contributed by atoms with Crippen LogP contribution in [0.3, 0.4) is 0 Å². The predicted molar refractivity (Wildman–Crippen MR) is 106 cm³/mol.